The van der Waals surface area contributed by atoms with E-state index in [0.29, 0.717) is 29.4 Å². The lowest BCUT2D eigenvalue weighted by Crippen LogP contribution is -2.37. The highest BCUT2D eigenvalue weighted by atomic mass is 19.3. The number of carbonyl (C=O) groups excluding carboxylic acids is 1. The largest absolute Gasteiger partial charge is 0.367 e. The van der Waals surface area contributed by atoms with Crippen LogP contribution < -0.4 is 10.6 Å². The molecule has 2 aliphatic rings. The zero-order chi connectivity index (χ0) is 17.6. The van der Waals surface area contributed by atoms with Crippen molar-refractivity contribution in [3.63, 3.8) is 0 Å². The second-order valence-electron chi connectivity index (χ2n) is 6.90. The first-order chi connectivity index (χ1) is 12.0. The summed E-state index contributed by atoms with van der Waals surface area (Å²) in [6, 6.07) is 6.42. The summed E-state index contributed by atoms with van der Waals surface area (Å²) >= 11 is 0. The van der Waals surface area contributed by atoms with Gasteiger partial charge in [0.15, 0.2) is 0 Å². The molecule has 4 rings (SSSR count). The van der Waals surface area contributed by atoms with Crippen LogP contribution in [-0.2, 0) is 0 Å². The lowest BCUT2D eigenvalue weighted by molar-refractivity contribution is 0.0644. The molecule has 2 N–H and O–H groups in total. The number of amides is 1. The number of aryl methyl sites for hydroxylation is 1. The van der Waals surface area contributed by atoms with Gasteiger partial charge >= 0.3 is 0 Å². The molecule has 1 aliphatic carbocycles. The van der Waals surface area contributed by atoms with E-state index in [2.05, 4.69) is 15.7 Å². The minimum Gasteiger partial charge on any atom is -0.367 e. The average molecular weight is 346 g/mol. The van der Waals surface area contributed by atoms with Gasteiger partial charge in [-0.1, -0.05) is 17.7 Å². The maximum Gasteiger partial charge on any atom is 0.261 e. The first-order valence-electron chi connectivity index (χ1n) is 8.53. The van der Waals surface area contributed by atoms with Gasteiger partial charge in [-0.05, 0) is 44.2 Å². The van der Waals surface area contributed by atoms with Gasteiger partial charge in [-0.15, -0.1) is 0 Å². The highest BCUT2D eigenvalue weighted by molar-refractivity contribution is 6.07. The van der Waals surface area contributed by atoms with Crippen molar-refractivity contribution >= 4 is 17.4 Å². The number of carbonyl (C=O) groups is 1. The van der Waals surface area contributed by atoms with Crippen LogP contribution in [0.15, 0.2) is 30.5 Å². The van der Waals surface area contributed by atoms with E-state index < -0.39 is 12.5 Å². The van der Waals surface area contributed by atoms with Crippen molar-refractivity contribution in [2.75, 3.05) is 10.6 Å². The molecular formula is C18H20F2N4O. The molecule has 25 heavy (non-hydrogen) atoms. The van der Waals surface area contributed by atoms with E-state index in [1.165, 1.54) is 10.9 Å². The number of aromatic nitrogens is 2. The molecule has 0 unspecified atom stereocenters. The topological polar surface area (TPSA) is 59.0 Å². The summed E-state index contributed by atoms with van der Waals surface area (Å²) in [4.78, 5) is 12.6. The molecule has 132 valence electrons. The molecule has 0 radical (unpaired) electrons. The molecule has 1 fully saturated rings. The van der Waals surface area contributed by atoms with Crippen molar-refractivity contribution in [3.8, 4) is 0 Å². The van der Waals surface area contributed by atoms with Gasteiger partial charge in [0.05, 0.1) is 6.20 Å². The third-order valence-electron chi connectivity index (χ3n) is 4.96. The van der Waals surface area contributed by atoms with Crippen LogP contribution in [-0.4, -0.2) is 28.2 Å². The van der Waals surface area contributed by atoms with Crippen LogP contribution in [0.2, 0.25) is 0 Å². The van der Waals surface area contributed by atoms with E-state index in [4.69, 9.17) is 0 Å². The molecular weight excluding hydrogens is 326 g/mol. The van der Waals surface area contributed by atoms with E-state index in [1.54, 1.807) is 0 Å². The summed E-state index contributed by atoms with van der Waals surface area (Å²) < 4.78 is 28.2. The standard InChI is InChI=1S/C18H20F2N4O/c1-10-2-6-12(7-3-10)22-18(25)13-9-21-24-15(16(19)20)8-14(11-4-5-11)23-17(13)24/h2-3,6-7,9,11,14-16,23H,4-5,8H2,1H3,(H,22,25)/t14-,15-/m0/s1. The predicted octanol–water partition coefficient (Wildman–Crippen LogP) is 3.84. The summed E-state index contributed by atoms with van der Waals surface area (Å²) in [6.45, 7) is 1.96. The van der Waals surface area contributed by atoms with Crippen LogP contribution in [0.5, 0.6) is 0 Å². The maximum atomic E-state index is 13.5. The Hall–Kier alpha value is -2.44. The van der Waals surface area contributed by atoms with Crippen LogP contribution in [0.1, 0.15) is 41.2 Å². The smallest absolute Gasteiger partial charge is 0.261 e. The number of fused-ring (bicyclic) bond motifs is 1. The van der Waals surface area contributed by atoms with Crippen LogP contribution in [0, 0.1) is 12.8 Å². The Kier molecular flexibility index (Phi) is 3.94. The Morgan fingerprint density at radius 3 is 2.68 bits per heavy atom. The van der Waals surface area contributed by atoms with E-state index in [0.717, 1.165) is 18.4 Å². The fourth-order valence-corrected chi connectivity index (χ4v) is 3.37. The van der Waals surface area contributed by atoms with Crippen molar-refractivity contribution < 1.29 is 13.6 Å². The van der Waals surface area contributed by atoms with Crippen LogP contribution in [0.4, 0.5) is 20.3 Å². The van der Waals surface area contributed by atoms with Gasteiger partial charge in [0.1, 0.15) is 17.4 Å². The van der Waals surface area contributed by atoms with Crippen molar-refractivity contribution in [2.45, 2.75) is 44.7 Å². The van der Waals surface area contributed by atoms with E-state index in [1.807, 2.05) is 31.2 Å². The third-order valence-corrected chi connectivity index (χ3v) is 4.96. The second kappa shape index (κ2) is 6.13. The van der Waals surface area contributed by atoms with E-state index in [-0.39, 0.29) is 11.9 Å². The van der Waals surface area contributed by atoms with E-state index in [9.17, 15) is 13.6 Å². The van der Waals surface area contributed by atoms with Gasteiger partial charge in [0.25, 0.3) is 12.3 Å². The summed E-state index contributed by atoms with van der Waals surface area (Å²) in [5.74, 6) is 0.470. The summed E-state index contributed by atoms with van der Waals surface area (Å²) in [5.41, 5.74) is 2.06. The number of anilines is 2. The van der Waals surface area contributed by atoms with Gasteiger partial charge in [-0.25, -0.2) is 13.5 Å². The van der Waals surface area contributed by atoms with Crippen molar-refractivity contribution in [1.82, 2.24) is 9.78 Å². The van der Waals surface area contributed by atoms with Gasteiger partial charge < -0.3 is 10.6 Å². The average Bonchev–Trinajstić information content (AvgIpc) is 3.35. The molecule has 0 spiro atoms. The number of nitrogens with zero attached hydrogens (tertiary/aromatic N) is 2. The fourth-order valence-electron chi connectivity index (χ4n) is 3.37. The highest BCUT2D eigenvalue weighted by Gasteiger charge is 2.41. The maximum absolute atomic E-state index is 13.5. The van der Waals surface area contributed by atoms with Crippen LogP contribution >= 0.6 is 0 Å². The third kappa shape index (κ3) is 3.10. The minimum absolute atomic E-state index is 0.0193. The summed E-state index contributed by atoms with van der Waals surface area (Å²) in [7, 11) is 0. The molecule has 2 atom stereocenters. The summed E-state index contributed by atoms with van der Waals surface area (Å²) in [5, 5.41) is 10.1. The van der Waals surface area contributed by atoms with Crippen molar-refractivity contribution in [3.05, 3.63) is 41.6 Å². The number of hydrogen-bond donors (Lipinski definition) is 2. The number of benzene rings is 1. The van der Waals surface area contributed by atoms with Crippen LogP contribution in [0.3, 0.4) is 0 Å². The molecule has 1 aromatic carbocycles. The van der Waals surface area contributed by atoms with Gasteiger partial charge in [0, 0.05) is 11.7 Å². The molecule has 1 aromatic heterocycles. The summed E-state index contributed by atoms with van der Waals surface area (Å²) in [6.07, 6.45) is 1.31. The number of halogens is 2. The zero-order valence-corrected chi connectivity index (χ0v) is 13.9. The predicted molar refractivity (Wildman–Crippen MR) is 91.2 cm³/mol. The Balaban J connectivity index is 1.60. The van der Waals surface area contributed by atoms with Crippen molar-refractivity contribution in [2.24, 2.45) is 5.92 Å². The second-order valence-corrected chi connectivity index (χ2v) is 6.90. The Labute approximate surface area is 144 Å². The Morgan fingerprint density at radius 1 is 1.32 bits per heavy atom. The zero-order valence-electron chi connectivity index (χ0n) is 13.9. The molecule has 5 nitrogen and oxygen atoms in total. The normalized spacial score (nSPS) is 22.4. The molecule has 0 saturated heterocycles. The first-order valence-corrected chi connectivity index (χ1v) is 8.53. The molecule has 2 heterocycles. The number of nitrogens with one attached hydrogen (secondary N) is 2. The lowest BCUT2D eigenvalue weighted by Gasteiger charge is -2.32. The van der Waals surface area contributed by atoms with Crippen molar-refractivity contribution in [1.29, 1.82) is 0 Å². The lowest BCUT2D eigenvalue weighted by atomic mass is 10.00. The molecule has 1 saturated carbocycles. The minimum atomic E-state index is -2.50. The number of hydrogen-bond acceptors (Lipinski definition) is 3. The first kappa shape index (κ1) is 16.1. The van der Waals surface area contributed by atoms with Gasteiger partial charge in [0.2, 0.25) is 0 Å². The molecule has 0 bridgehead atoms. The van der Waals surface area contributed by atoms with Crippen LogP contribution in [0.25, 0.3) is 0 Å². The Bertz CT molecular complexity index is 783. The monoisotopic (exact) mass is 346 g/mol. The number of alkyl halides is 2. The fraction of sp³-hybridized carbons (Fsp3) is 0.444. The SMILES string of the molecule is Cc1ccc(NC(=O)c2cnn3c2N[C@H](C2CC2)C[C@H]3C(F)F)cc1. The molecule has 2 aromatic rings. The molecule has 7 heteroatoms. The highest BCUT2D eigenvalue weighted by Crippen LogP contribution is 2.42. The Morgan fingerprint density at radius 2 is 2.04 bits per heavy atom. The number of rotatable bonds is 4. The molecule has 1 amide bonds. The van der Waals surface area contributed by atoms with Gasteiger partial charge in [-0.2, -0.15) is 5.10 Å². The van der Waals surface area contributed by atoms with E-state index >= 15 is 0 Å². The van der Waals surface area contributed by atoms with Gasteiger partial charge in [-0.3, -0.25) is 4.79 Å². The quantitative estimate of drug-likeness (QED) is 0.884. The molecule has 1 aliphatic heterocycles.